The molecule has 4 nitrogen and oxygen atoms in total. The number of hydrogen-bond donors (Lipinski definition) is 2. The van der Waals surface area contributed by atoms with Crippen LogP contribution in [0.5, 0.6) is 0 Å². The summed E-state index contributed by atoms with van der Waals surface area (Å²) in [6, 6.07) is 2.09. The SMILES string of the molecule is CCCNc1cncc(NCC(C)COC)c1. The Morgan fingerprint density at radius 3 is 2.65 bits per heavy atom. The van der Waals surface area contributed by atoms with Crippen molar-refractivity contribution in [3.8, 4) is 0 Å². The molecule has 1 atom stereocenters. The van der Waals surface area contributed by atoms with Crippen molar-refractivity contribution in [2.24, 2.45) is 5.92 Å². The Morgan fingerprint density at radius 1 is 1.29 bits per heavy atom. The summed E-state index contributed by atoms with van der Waals surface area (Å²) in [4.78, 5) is 4.21. The molecule has 0 spiro atoms. The van der Waals surface area contributed by atoms with Crippen LogP contribution in [0.25, 0.3) is 0 Å². The van der Waals surface area contributed by atoms with Crippen LogP contribution in [0.4, 0.5) is 11.4 Å². The lowest BCUT2D eigenvalue weighted by Crippen LogP contribution is -2.16. The van der Waals surface area contributed by atoms with E-state index in [0.29, 0.717) is 5.92 Å². The van der Waals surface area contributed by atoms with Crippen molar-refractivity contribution in [2.75, 3.05) is 37.4 Å². The minimum Gasteiger partial charge on any atom is -0.384 e. The molecule has 0 amide bonds. The van der Waals surface area contributed by atoms with E-state index in [1.165, 1.54) is 0 Å². The van der Waals surface area contributed by atoms with Crippen molar-refractivity contribution < 1.29 is 4.74 Å². The molecule has 96 valence electrons. The molecule has 0 aromatic carbocycles. The van der Waals surface area contributed by atoms with Gasteiger partial charge in [-0.2, -0.15) is 0 Å². The molecule has 0 fully saturated rings. The molecule has 0 aliphatic rings. The minimum absolute atomic E-state index is 0.493. The maximum Gasteiger partial charge on any atom is 0.0547 e. The highest BCUT2D eigenvalue weighted by Gasteiger charge is 2.01. The Morgan fingerprint density at radius 2 is 2.00 bits per heavy atom. The summed E-state index contributed by atoms with van der Waals surface area (Å²) in [5.74, 6) is 0.493. The number of nitrogens with zero attached hydrogens (tertiary/aromatic N) is 1. The Kier molecular flexibility index (Phi) is 6.40. The van der Waals surface area contributed by atoms with Crippen molar-refractivity contribution in [1.82, 2.24) is 4.98 Å². The summed E-state index contributed by atoms with van der Waals surface area (Å²) < 4.78 is 5.10. The Bertz CT molecular complexity index is 317. The summed E-state index contributed by atoms with van der Waals surface area (Å²) in [5, 5.41) is 6.68. The van der Waals surface area contributed by atoms with Gasteiger partial charge in [0.2, 0.25) is 0 Å². The molecular weight excluding hydrogens is 214 g/mol. The number of aromatic nitrogens is 1. The summed E-state index contributed by atoms with van der Waals surface area (Å²) >= 11 is 0. The fourth-order valence-corrected chi connectivity index (χ4v) is 1.54. The third kappa shape index (κ3) is 5.54. The van der Waals surface area contributed by atoms with Crippen LogP contribution in [0.2, 0.25) is 0 Å². The van der Waals surface area contributed by atoms with Crippen LogP contribution in [-0.4, -0.2) is 31.8 Å². The van der Waals surface area contributed by atoms with E-state index in [9.17, 15) is 0 Å². The van der Waals surface area contributed by atoms with Crippen LogP contribution in [0.3, 0.4) is 0 Å². The van der Waals surface area contributed by atoms with Crippen molar-refractivity contribution in [1.29, 1.82) is 0 Å². The van der Waals surface area contributed by atoms with Gasteiger partial charge in [0.25, 0.3) is 0 Å². The lowest BCUT2D eigenvalue weighted by atomic mass is 10.2. The molecule has 17 heavy (non-hydrogen) atoms. The summed E-state index contributed by atoms with van der Waals surface area (Å²) in [5.41, 5.74) is 2.12. The largest absolute Gasteiger partial charge is 0.384 e. The van der Waals surface area contributed by atoms with E-state index in [4.69, 9.17) is 4.74 Å². The van der Waals surface area contributed by atoms with Crippen LogP contribution in [0, 0.1) is 5.92 Å². The van der Waals surface area contributed by atoms with Gasteiger partial charge in [-0.15, -0.1) is 0 Å². The van der Waals surface area contributed by atoms with Crippen LogP contribution >= 0.6 is 0 Å². The molecule has 0 radical (unpaired) electrons. The number of hydrogen-bond acceptors (Lipinski definition) is 4. The summed E-state index contributed by atoms with van der Waals surface area (Å²) in [6.45, 7) is 6.95. The fraction of sp³-hybridized carbons (Fsp3) is 0.615. The maximum atomic E-state index is 5.10. The van der Waals surface area contributed by atoms with Gasteiger partial charge in [0.15, 0.2) is 0 Å². The van der Waals surface area contributed by atoms with Gasteiger partial charge in [-0.3, -0.25) is 4.98 Å². The first-order chi connectivity index (χ1) is 8.26. The highest BCUT2D eigenvalue weighted by Crippen LogP contribution is 2.13. The first-order valence-corrected chi connectivity index (χ1v) is 6.18. The first kappa shape index (κ1) is 13.8. The van der Waals surface area contributed by atoms with E-state index in [-0.39, 0.29) is 0 Å². The zero-order chi connectivity index (χ0) is 12.5. The molecule has 4 heteroatoms. The third-order valence-corrected chi connectivity index (χ3v) is 2.42. The fourth-order valence-electron chi connectivity index (χ4n) is 1.54. The lowest BCUT2D eigenvalue weighted by molar-refractivity contribution is 0.164. The van der Waals surface area contributed by atoms with E-state index in [1.54, 1.807) is 7.11 Å². The lowest BCUT2D eigenvalue weighted by Gasteiger charge is -2.13. The van der Waals surface area contributed by atoms with E-state index in [0.717, 1.165) is 37.5 Å². The van der Waals surface area contributed by atoms with Gasteiger partial charge >= 0.3 is 0 Å². The second-order valence-electron chi connectivity index (χ2n) is 4.33. The molecule has 0 aliphatic carbocycles. The molecule has 0 bridgehead atoms. The number of nitrogens with one attached hydrogen (secondary N) is 2. The molecule has 1 heterocycles. The predicted molar refractivity (Wildman–Crippen MR) is 72.5 cm³/mol. The van der Waals surface area contributed by atoms with Gasteiger partial charge in [-0.1, -0.05) is 13.8 Å². The highest BCUT2D eigenvalue weighted by atomic mass is 16.5. The molecule has 1 aromatic rings. The van der Waals surface area contributed by atoms with Crippen molar-refractivity contribution in [3.05, 3.63) is 18.5 Å². The summed E-state index contributed by atoms with van der Waals surface area (Å²) in [7, 11) is 1.73. The second kappa shape index (κ2) is 7.90. The van der Waals surface area contributed by atoms with Crippen molar-refractivity contribution >= 4 is 11.4 Å². The number of methoxy groups -OCH3 is 1. The quantitative estimate of drug-likeness (QED) is 0.729. The highest BCUT2D eigenvalue weighted by molar-refractivity contribution is 5.53. The normalized spacial score (nSPS) is 12.2. The third-order valence-electron chi connectivity index (χ3n) is 2.42. The molecule has 1 rings (SSSR count). The molecule has 1 aromatic heterocycles. The number of anilines is 2. The predicted octanol–water partition coefficient (Wildman–Crippen LogP) is 2.60. The number of ether oxygens (including phenoxy) is 1. The van der Waals surface area contributed by atoms with Gasteiger partial charge in [0.1, 0.15) is 0 Å². The van der Waals surface area contributed by atoms with Crippen LogP contribution in [-0.2, 0) is 4.74 Å². The average molecular weight is 237 g/mol. The van der Waals surface area contributed by atoms with E-state index in [2.05, 4.69) is 35.5 Å². The van der Waals surface area contributed by atoms with Crippen molar-refractivity contribution in [3.63, 3.8) is 0 Å². The maximum absolute atomic E-state index is 5.10. The van der Waals surface area contributed by atoms with Gasteiger partial charge in [-0.25, -0.2) is 0 Å². The monoisotopic (exact) mass is 237 g/mol. The minimum atomic E-state index is 0.493. The molecular formula is C13H23N3O. The molecule has 0 aliphatic heterocycles. The topological polar surface area (TPSA) is 46.2 Å². The van der Waals surface area contributed by atoms with E-state index >= 15 is 0 Å². The van der Waals surface area contributed by atoms with Crippen LogP contribution < -0.4 is 10.6 Å². The standard InChI is InChI=1S/C13H23N3O/c1-4-5-15-12-6-13(9-14-8-12)16-7-11(2)10-17-3/h6,8-9,11,15-16H,4-5,7,10H2,1-3H3. The smallest absolute Gasteiger partial charge is 0.0547 e. The van der Waals surface area contributed by atoms with Crippen LogP contribution in [0.15, 0.2) is 18.5 Å². The zero-order valence-corrected chi connectivity index (χ0v) is 11.0. The zero-order valence-electron chi connectivity index (χ0n) is 11.0. The second-order valence-corrected chi connectivity index (χ2v) is 4.33. The van der Waals surface area contributed by atoms with Crippen LogP contribution in [0.1, 0.15) is 20.3 Å². The molecule has 2 N–H and O–H groups in total. The van der Waals surface area contributed by atoms with Gasteiger partial charge in [0, 0.05) is 20.2 Å². The first-order valence-electron chi connectivity index (χ1n) is 6.18. The Hall–Kier alpha value is -1.29. The Balaban J connectivity index is 2.42. The summed E-state index contributed by atoms with van der Waals surface area (Å²) in [6.07, 6.45) is 4.80. The molecule has 0 saturated heterocycles. The van der Waals surface area contributed by atoms with Gasteiger partial charge in [-0.05, 0) is 18.4 Å². The molecule has 0 saturated carbocycles. The average Bonchev–Trinajstić information content (AvgIpc) is 2.35. The molecule has 1 unspecified atom stereocenters. The van der Waals surface area contributed by atoms with Crippen molar-refractivity contribution in [2.45, 2.75) is 20.3 Å². The van der Waals surface area contributed by atoms with Gasteiger partial charge < -0.3 is 15.4 Å². The van der Waals surface area contributed by atoms with Gasteiger partial charge in [0.05, 0.1) is 30.4 Å². The van der Waals surface area contributed by atoms with E-state index in [1.807, 2.05) is 12.4 Å². The number of pyridine rings is 1. The van der Waals surface area contributed by atoms with E-state index < -0.39 is 0 Å². The number of rotatable bonds is 8. The Labute approximate surface area is 104 Å².